The molecule has 0 fully saturated rings. The molecule has 16 heavy (non-hydrogen) atoms. The minimum atomic E-state index is 1.19. The fourth-order valence-electron chi connectivity index (χ4n) is 1.56. The Labute approximate surface area is 96.1 Å². The summed E-state index contributed by atoms with van der Waals surface area (Å²) < 4.78 is 4.15. The minimum absolute atomic E-state index is 1.19. The number of hydrogen-bond donors (Lipinski definition) is 0. The lowest BCUT2D eigenvalue weighted by molar-refractivity contribution is -0.671. The van der Waals surface area contributed by atoms with Gasteiger partial charge in [-0.15, -0.1) is 0 Å². The lowest BCUT2D eigenvalue weighted by Gasteiger charge is -1.95. The van der Waals surface area contributed by atoms with Crippen LogP contribution in [0.3, 0.4) is 0 Å². The van der Waals surface area contributed by atoms with E-state index in [0.29, 0.717) is 0 Å². The molecule has 80 valence electrons. The van der Waals surface area contributed by atoms with Gasteiger partial charge in [-0.1, -0.05) is 18.2 Å². The maximum absolute atomic E-state index is 2.12. The summed E-state index contributed by atoms with van der Waals surface area (Å²) in [5.41, 5.74) is 2.39. The Hall–Kier alpha value is -1.96. The monoisotopic (exact) mass is 212 g/mol. The van der Waals surface area contributed by atoms with Gasteiger partial charge >= 0.3 is 0 Å². The predicted molar refractivity (Wildman–Crippen MR) is 65.1 cm³/mol. The van der Waals surface area contributed by atoms with E-state index < -0.39 is 0 Å². The number of hydrogen-bond acceptors (Lipinski definition) is 0. The Morgan fingerprint density at radius 1 is 1.00 bits per heavy atom. The van der Waals surface area contributed by atoms with Crippen LogP contribution in [0.4, 0.5) is 5.69 Å². The number of benzene rings is 1. The molecule has 0 atom stereocenters. The van der Waals surface area contributed by atoms with Crippen molar-refractivity contribution in [3.63, 3.8) is 0 Å². The van der Waals surface area contributed by atoms with Crippen molar-refractivity contribution < 1.29 is 9.14 Å². The first-order valence-corrected chi connectivity index (χ1v) is 5.34. The van der Waals surface area contributed by atoms with Crippen LogP contribution in [0.5, 0.6) is 0 Å². The van der Waals surface area contributed by atoms with Crippen LogP contribution in [0, 0.1) is 0 Å². The zero-order valence-electron chi connectivity index (χ0n) is 9.67. The standard InChI is InChI=1S/C14H16N2/c1-15-10-8-13(9-11-15)12-16(2)14-6-4-3-5-7-14/h3-12H,1-2H3/q+2. The fraction of sp³-hybridized carbons (Fsp3) is 0.143. The maximum Gasteiger partial charge on any atom is 0.204 e. The van der Waals surface area contributed by atoms with E-state index in [1.165, 1.54) is 11.3 Å². The molecule has 1 aromatic heterocycles. The number of rotatable bonds is 2. The summed E-state index contributed by atoms with van der Waals surface area (Å²) >= 11 is 0. The molecular weight excluding hydrogens is 196 g/mol. The van der Waals surface area contributed by atoms with Crippen LogP contribution in [-0.2, 0) is 7.05 Å². The highest BCUT2D eigenvalue weighted by atomic mass is 15.0. The summed E-state index contributed by atoms with van der Waals surface area (Å²) in [6.07, 6.45) is 6.21. The Kier molecular flexibility index (Phi) is 3.10. The van der Waals surface area contributed by atoms with E-state index in [2.05, 4.69) is 42.1 Å². The molecule has 2 nitrogen and oxygen atoms in total. The van der Waals surface area contributed by atoms with E-state index in [1.54, 1.807) is 0 Å². The second-order valence-corrected chi connectivity index (χ2v) is 3.87. The molecular formula is C14H16N2+2. The molecule has 0 radical (unpaired) electrons. The van der Waals surface area contributed by atoms with Crippen molar-refractivity contribution in [2.45, 2.75) is 0 Å². The molecule has 0 amide bonds. The highest BCUT2D eigenvalue weighted by molar-refractivity contribution is 5.75. The number of aryl methyl sites for hydroxylation is 1. The number of para-hydroxylation sites is 1. The van der Waals surface area contributed by atoms with Gasteiger partial charge in [0.1, 0.15) is 14.1 Å². The largest absolute Gasteiger partial charge is 0.208 e. The first kappa shape index (κ1) is 10.6. The second-order valence-electron chi connectivity index (χ2n) is 3.87. The van der Waals surface area contributed by atoms with Crippen molar-refractivity contribution >= 4 is 11.9 Å². The Morgan fingerprint density at radius 2 is 1.62 bits per heavy atom. The predicted octanol–water partition coefficient (Wildman–Crippen LogP) is 1.90. The van der Waals surface area contributed by atoms with Crippen LogP contribution in [0.2, 0.25) is 0 Å². The maximum atomic E-state index is 2.12. The van der Waals surface area contributed by atoms with Crippen LogP contribution < -0.4 is 4.57 Å². The van der Waals surface area contributed by atoms with E-state index in [0.717, 1.165) is 0 Å². The van der Waals surface area contributed by atoms with Gasteiger partial charge in [0.05, 0.1) is 5.56 Å². The van der Waals surface area contributed by atoms with Gasteiger partial charge in [0.25, 0.3) is 0 Å². The van der Waals surface area contributed by atoms with E-state index in [4.69, 9.17) is 0 Å². The first-order valence-electron chi connectivity index (χ1n) is 5.34. The molecule has 0 aliphatic rings. The Balaban J connectivity index is 2.28. The highest BCUT2D eigenvalue weighted by Crippen LogP contribution is 2.08. The van der Waals surface area contributed by atoms with Gasteiger partial charge in [-0.05, 0) is 0 Å². The van der Waals surface area contributed by atoms with Crippen LogP contribution in [-0.4, -0.2) is 17.8 Å². The van der Waals surface area contributed by atoms with E-state index in [-0.39, 0.29) is 0 Å². The lowest BCUT2D eigenvalue weighted by Crippen LogP contribution is -2.26. The number of pyridine rings is 1. The third kappa shape index (κ3) is 2.54. The van der Waals surface area contributed by atoms with Gasteiger partial charge in [-0.3, -0.25) is 0 Å². The van der Waals surface area contributed by atoms with Crippen LogP contribution in [0.25, 0.3) is 0 Å². The summed E-state index contributed by atoms with van der Waals surface area (Å²) in [5, 5.41) is 0. The average molecular weight is 212 g/mol. The third-order valence-corrected chi connectivity index (χ3v) is 2.51. The summed E-state index contributed by atoms with van der Waals surface area (Å²) in [6, 6.07) is 14.5. The normalized spacial score (nSPS) is 11.5. The average Bonchev–Trinajstić information content (AvgIpc) is 2.33. The molecule has 1 heterocycles. The van der Waals surface area contributed by atoms with Gasteiger partial charge in [-0.25, -0.2) is 9.14 Å². The lowest BCUT2D eigenvalue weighted by atomic mass is 10.2. The highest BCUT2D eigenvalue weighted by Gasteiger charge is 2.02. The van der Waals surface area contributed by atoms with E-state index in [9.17, 15) is 0 Å². The van der Waals surface area contributed by atoms with E-state index >= 15 is 0 Å². The van der Waals surface area contributed by atoms with Crippen LogP contribution in [0.1, 0.15) is 5.56 Å². The van der Waals surface area contributed by atoms with Gasteiger partial charge in [-0.2, -0.15) is 0 Å². The molecule has 0 spiro atoms. The zero-order chi connectivity index (χ0) is 11.4. The van der Waals surface area contributed by atoms with Crippen molar-refractivity contribution in [1.29, 1.82) is 0 Å². The van der Waals surface area contributed by atoms with Crippen LogP contribution >= 0.6 is 0 Å². The molecule has 0 aliphatic carbocycles. The molecule has 0 saturated carbocycles. The molecule has 2 aromatic rings. The van der Waals surface area contributed by atoms with Crippen molar-refractivity contribution in [3.05, 3.63) is 60.4 Å². The fourth-order valence-corrected chi connectivity index (χ4v) is 1.56. The van der Waals surface area contributed by atoms with Crippen molar-refractivity contribution in [2.24, 2.45) is 7.05 Å². The van der Waals surface area contributed by atoms with Crippen molar-refractivity contribution in [1.82, 2.24) is 0 Å². The molecule has 1 aromatic carbocycles. The van der Waals surface area contributed by atoms with Crippen LogP contribution in [0.15, 0.2) is 54.9 Å². The molecule has 0 saturated heterocycles. The number of nitrogens with zero attached hydrogens (tertiary/aromatic N) is 2. The second kappa shape index (κ2) is 4.71. The molecule has 2 heteroatoms. The third-order valence-electron chi connectivity index (χ3n) is 2.51. The van der Waals surface area contributed by atoms with Crippen molar-refractivity contribution in [2.75, 3.05) is 7.05 Å². The zero-order valence-corrected chi connectivity index (χ0v) is 9.67. The summed E-state index contributed by atoms with van der Waals surface area (Å²) in [4.78, 5) is 0. The smallest absolute Gasteiger partial charge is 0.204 e. The molecule has 0 unspecified atom stereocenters. The summed E-state index contributed by atoms with van der Waals surface area (Å²) in [7, 11) is 4.08. The van der Waals surface area contributed by atoms with Gasteiger partial charge < -0.3 is 0 Å². The molecule has 0 bridgehead atoms. The minimum Gasteiger partial charge on any atom is -0.208 e. The quantitative estimate of drug-likeness (QED) is 0.530. The summed E-state index contributed by atoms with van der Waals surface area (Å²) in [6.45, 7) is 0. The van der Waals surface area contributed by atoms with Crippen molar-refractivity contribution in [3.8, 4) is 0 Å². The molecule has 2 rings (SSSR count). The van der Waals surface area contributed by atoms with Gasteiger partial charge in [0, 0.05) is 24.3 Å². The first-order chi connectivity index (χ1) is 7.75. The molecule has 0 aliphatic heterocycles. The summed E-state index contributed by atoms with van der Waals surface area (Å²) in [5.74, 6) is 0. The molecule has 0 N–H and O–H groups in total. The number of aromatic nitrogens is 1. The SMILES string of the molecule is C[N+](=Cc1cc[n+](C)cc1)c1ccccc1. The van der Waals surface area contributed by atoms with Gasteiger partial charge in [0.2, 0.25) is 5.69 Å². The van der Waals surface area contributed by atoms with E-state index in [1.807, 2.05) is 42.2 Å². The topological polar surface area (TPSA) is 6.89 Å². The Morgan fingerprint density at radius 3 is 2.25 bits per heavy atom. The van der Waals surface area contributed by atoms with Gasteiger partial charge in [0.15, 0.2) is 18.6 Å². The Bertz CT molecular complexity index is 484.